The zero-order valence-corrected chi connectivity index (χ0v) is 14.1. The second kappa shape index (κ2) is 7.18. The molecule has 1 aliphatic rings. The van der Waals surface area contributed by atoms with Crippen molar-refractivity contribution >= 4 is 0 Å². The number of aromatic nitrogens is 2. The lowest BCUT2D eigenvalue weighted by Gasteiger charge is -2.23. The summed E-state index contributed by atoms with van der Waals surface area (Å²) >= 11 is 0. The third-order valence-corrected chi connectivity index (χ3v) is 4.65. The Morgan fingerprint density at radius 1 is 1.30 bits per heavy atom. The van der Waals surface area contributed by atoms with Crippen LogP contribution in [0.4, 0.5) is 0 Å². The zero-order valence-electron chi connectivity index (χ0n) is 14.1. The van der Waals surface area contributed by atoms with Gasteiger partial charge < -0.3 is 15.0 Å². The summed E-state index contributed by atoms with van der Waals surface area (Å²) in [4.78, 5) is 4.48. The van der Waals surface area contributed by atoms with E-state index in [0.717, 1.165) is 30.8 Å². The Morgan fingerprint density at radius 2 is 2.17 bits per heavy atom. The highest BCUT2D eigenvalue weighted by atomic mass is 16.3. The van der Waals surface area contributed by atoms with Crippen molar-refractivity contribution in [3.63, 3.8) is 0 Å². The molecule has 1 fully saturated rings. The number of nitrogens with one attached hydrogen (secondary N) is 1. The minimum absolute atomic E-state index is 0.326. The Balaban J connectivity index is 1.77. The monoisotopic (exact) mass is 313 g/mol. The quantitative estimate of drug-likeness (QED) is 0.880. The van der Waals surface area contributed by atoms with Crippen molar-refractivity contribution in [1.82, 2.24) is 14.9 Å². The molecule has 0 bridgehead atoms. The molecule has 3 rings (SSSR count). The van der Waals surface area contributed by atoms with Crippen molar-refractivity contribution in [2.75, 3.05) is 6.54 Å². The molecule has 23 heavy (non-hydrogen) atoms. The molecule has 1 atom stereocenters. The van der Waals surface area contributed by atoms with Crippen LogP contribution >= 0.6 is 0 Å². The van der Waals surface area contributed by atoms with Crippen molar-refractivity contribution in [1.29, 1.82) is 0 Å². The van der Waals surface area contributed by atoms with Gasteiger partial charge in [0, 0.05) is 30.0 Å². The molecule has 0 radical (unpaired) electrons. The van der Waals surface area contributed by atoms with Crippen LogP contribution in [0.5, 0.6) is 5.75 Å². The molecule has 4 heteroatoms. The molecule has 0 aliphatic carbocycles. The van der Waals surface area contributed by atoms with Gasteiger partial charge in [-0.2, -0.15) is 0 Å². The lowest BCUT2D eigenvalue weighted by Crippen LogP contribution is -2.34. The average Bonchev–Trinajstić information content (AvgIpc) is 3.03. The standard InChI is InChI=1S/C19H27N3O/c1-14(2)22-10-9-21-19(22)16-11-15(12-18(23)13-16)6-7-17-5-3-4-8-20-17/h9-14,17,20,23H,3-8H2,1-2H3/t17-/m0/s1. The van der Waals surface area contributed by atoms with Crippen LogP contribution < -0.4 is 5.32 Å². The van der Waals surface area contributed by atoms with Crippen LogP contribution in [0.15, 0.2) is 30.6 Å². The molecule has 4 nitrogen and oxygen atoms in total. The Morgan fingerprint density at radius 3 is 2.91 bits per heavy atom. The Hall–Kier alpha value is -1.81. The summed E-state index contributed by atoms with van der Waals surface area (Å²) in [5.74, 6) is 1.25. The first-order chi connectivity index (χ1) is 11.1. The maximum atomic E-state index is 10.1. The number of imidazole rings is 1. The number of aryl methyl sites for hydroxylation is 1. The van der Waals surface area contributed by atoms with Crippen molar-refractivity contribution in [3.05, 3.63) is 36.2 Å². The fraction of sp³-hybridized carbons (Fsp3) is 0.526. The number of piperidine rings is 1. The first-order valence-electron chi connectivity index (χ1n) is 8.73. The third-order valence-electron chi connectivity index (χ3n) is 4.65. The number of nitrogens with zero attached hydrogens (tertiary/aromatic N) is 2. The molecule has 0 unspecified atom stereocenters. The van der Waals surface area contributed by atoms with E-state index in [1.165, 1.54) is 24.8 Å². The number of phenols is 1. The lowest BCUT2D eigenvalue weighted by molar-refractivity contribution is 0.382. The maximum Gasteiger partial charge on any atom is 0.140 e. The summed E-state index contributed by atoms with van der Waals surface area (Å²) in [5, 5.41) is 13.7. The molecule has 1 aliphatic heterocycles. The average molecular weight is 313 g/mol. The molecule has 2 heterocycles. The molecule has 1 aromatic carbocycles. The van der Waals surface area contributed by atoms with Crippen LogP contribution in [-0.4, -0.2) is 27.2 Å². The van der Waals surface area contributed by atoms with Gasteiger partial charge in [0.05, 0.1) is 0 Å². The highest BCUT2D eigenvalue weighted by Gasteiger charge is 2.14. The Bertz CT molecular complexity index is 642. The third kappa shape index (κ3) is 3.94. The summed E-state index contributed by atoms with van der Waals surface area (Å²) in [7, 11) is 0. The molecule has 2 aromatic rings. The molecular formula is C19H27N3O. The summed E-state index contributed by atoms with van der Waals surface area (Å²) in [5.41, 5.74) is 2.18. The first-order valence-corrected chi connectivity index (χ1v) is 8.73. The van der Waals surface area contributed by atoms with Crippen LogP contribution in [0.1, 0.15) is 51.1 Å². The molecule has 1 saturated heterocycles. The van der Waals surface area contributed by atoms with Crippen molar-refractivity contribution in [2.45, 2.75) is 58.0 Å². The number of hydrogen-bond donors (Lipinski definition) is 2. The van der Waals surface area contributed by atoms with Crippen molar-refractivity contribution in [3.8, 4) is 17.1 Å². The van der Waals surface area contributed by atoms with Gasteiger partial charge in [0.2, 0.25) is 0 Å². The van der Waals surface area contributed by atoms with E-state index >= 15 is 0 Å². The van der Waals surface area contributed by atoms with Crippen LogP contribution in [0.25, 0.3) is 11.4 Å². The van der Waals surface area contributed by atoms with Crippen LogP contribution in [-0.2, 0) is 6.42 Å². The molecular weight excluding hydrogens is 286 g/mol. The molecule has 2 N–H and O–H groups in total. The van der Waals surface area contributed by atoms with Gasteiger partial charge >= 0.3 is 0 Å². The molecule has 124 valence electrons. The van der Waals surface area contributed by atoms with Crippen molar-refractivity contribution < 1.29 is 5.11 Å². The van der Waals surface area contributed by atoms with E-state index in [1.54, 1.807) is 0 Å². The molecule has 1 aromatic heterocycles. The number of benzene rings is 1. The van der Waals surface area contributed by atoms with E-state index in [9.17, 15) is 5.11 Å². The van der Waals surface area contributed by atoms with E-state index in [0.29, 0.717) is 17.8 Å². The Kier molecular flexibility index (Phi) is 5.01. The van der Waals surface area contributed by atoms with Gasteiger partial charge in [-0.05, 0) is 69.8 Å². The summed E-state index contributed by atoms with van der Waals surface area (Å²) in [6.45, 7) is 5.43. The lowest BCUT2D eigenvalue weighted by atomic mass is 9.97. The smallest absolute Gasteiger partial charge is 0.140 e. The molecule has 0 amide bonds. The van der Waals surface area contributed by atoms with Gasteiger partial charge in [0.25, 0.3) is 0 Å². The van der Waals surface area contributed by atoms with Gasteiger partial charge in [-0.3, -0.25) is 0 Å². The second-order valence-electron chi connectivity index (χ2n) is 6.83. The second-order valence-corrected chi connectivity index (χ2v) is 6.83. The Labute approximate surface area is 138 Å². The van der Waals surface area contributed by atoms with Gasteiger partial charge in [-0.15, -0.1) is 0 Å². The number of rotatable bonds is 5. The highest BCUT2D eigenvalue weighted by Crippen LogP contribution is 2.27. The predicted molar refractivity (Wildman–Crippen MR) is 93.7 cm³/mol. The summed E-state index contributed by atoms with van der Waals surface area (Å²) in [6.07, 6.45) is 9.83. The van der Waals surface area contributed by atoms with Crippen LogP contribution in [0.2, 0.25) is 0 Å². The van der Waals surface area contributed by atoms with Crippen LogP contribution in [0.3, 0.4) is 0 Å². The summed E-state index contributed by atoms with van der Waals surface area (Å²) in [6, 6.07) is 6.83. The number of aromatic hydroxyl groups is 1. The van der Waals surface area contributed by atoms with Gasteiger partial charge in [0.15, 0.2) is 0 Å². The van der Waals surface area contributed by atoms with E-state index in [-0.39, 0.29) is 0 Å². The number of phenolic OH excluding ortho intramolecular Hbond substituents is 1. The van der Waals surface area contributed by atoms with E-state index in [2.05, 4.69) is 34.8 Å². The van der Waals surface area contributed by atoms with E-state index in [1.807, 2.05) is 24.5 Å². The molecule has 0 saturated carbocycles. The summed E-state index contributed by atoms with van der Waals surface area (Å²) < 4.78 is 2.14. The normalized spacial score (nSPS) is 18.5. The fourth-order valence-corrected chi connectivity index (χ4v) is 3.41. The van der Waals surface area contributed by atoms with Gasteiger partial charge in [-0.25, -0.2) is 4.98 Å². The minimum atomic E-state index is 0.326. The topological polar surface area (TPSA) is 50.1 Å². The SMILES string of the molecule is CC(C)n1ccnc1-c1cc(O)cc(CC[C@@H]2CCCCN2)c1. The fourth-order valence-electron chi connectivity index (χ4n) is 3.41. The number of hydrogen-bond acceptors (Lipinski definition) is 3. The maximum absolute atomic E-state index is 10.1. The largest absolute Gasteiger partial charge is 0.508 e. The van der Waals surface area contributed by atoms with E-state index < -0.39 is 0 Å². The van der Waals surface area contributed by atoms with Crippen LogP contribution in [0, 0.1) is 0 Å². The van der Waals surface area contributed by atoms with Gasteiger partial charge in [-0.1, -0.05) is 6.42 Å². The highest BCUT2D eigenvalue weighted by molar-refractivity contribution is 5.59. The predicted octanol–water partition coefficient (Wildman–Crippen LogP) is 3.91. The van der Waals surface area contributed by atoms with E-state index in [4.69, 9.17) is 0 Å². The first kappa shape index (κ1) is 16.1. The zero-order chi connectivity index (χ0) is 16.2. The minimum Gasteiger partial charge on any atom is -0.508 e. The molecule has 0 spiro atoms. The van der Waals surface area contributed by atoms with Crippen molar-refractivity contribution in [2.24, 2.45) is 0 Å². The van der Waals surface area contributed by atoms with Gasteiger partial charge in [0.1, 0.15) is 11.6 Å².